The first-order valence-electron chi connectivity index (χ1n) is 10.6. The SMILES string of the molecule is COc1ccc(CN2C(=O)C[C@H]3[C@H](CNC(=O)c4cc(C)on4)[C@@H](C)C[C@H]32)c(OC)c1. The molecule has 4 rings (SSSR count). The number of ether oxygens (including phenoxy) is 2. The van der Waals surface area contributed by atoms with Crippen LogP contribution >= 0.6 is 0 Å². The van der Waals surface area contributed by atoms with Crippen LogP contribution in [-0.2, 0) is 11.3 Å². The van der Waals surface area contributed by atoms with Crippen molar-refractivity contribution < 1.29 is 23.6 Å². The smallest absolute Gasteiger partial charge is 0.273 e. The van der Waals surface area contributed by atoms with Gasteiger partial charge in [0.2, 0.25) is 5.91 Å². The third-order valence-corrected chi connectivity index (χ3v) is 6.71. The normalized spacial score (nSPS) is 24.9. The number of nitrogens with one attached hydrogen (secondary N) is 1. The number of aryl methyl sites for hydroxylation is 1. The van der Waals surface area contributed by atoms with Crippen molar-refractivity contribution in [2.24, 2.45) is 17.8 Å². The number of likely N-dealkylation sites (tertiary alicyclic amines) is 1. The van der Waals surface area contributed by atoms with Gasteiger partial charge in [0.15, 0.2) is 5.69 Å². The maximum Gasteiger partial charge on any atom is 0.273 e. The molecule has 0 bridgehead atoms. The van der Waals surface area contributed by atoms with Crippen LogP contribution in [0.5, 0.6) is 11.5 Å². The molecule has 2 aliphatic rings. The van der Waals surface area contributed by atoms with Gasteiger partial charge in [0.05, 0.1) is 14.2 Å². The third-order valence-electron chi connectivity index (χ3n) is 6.71. The van der Waals surface area contributed by atoms with Crippen molar-refractivity contribution in [3.8, 4) is 11.5 Å². The van der Waals surface area contributed by atoms with Crippen molar-refractivity contribution in [1.29, 1.82) is 0 Å². The molecule has 0 radical (unpaired) electrons. The molecule has 1 aliphatic carbocycles. The average Bonchev–Trinajstić information content (AvgIpc) is 3.41. The van der Waals surface area contributed by atoms with E-state index in [2.05, 4.69) is 17.4 Å². The molecule has 8 nitrogen and oxygen atoms in total. The van der Waals surface area contributed by atoms with Crippen molar-refractivity contribution in [2.75, 3.05) is 20.8 Å². The summed E-state index contributed by atoms with van der Waals surface area (Å²) in [6.07, 6.45) is 1.44. The number of hydrogen-bond acceptors (Lipinski definition) is 6. The average molecular weight is 428 g/mol. The molecule has 1 saturated carbocycles. The summed E-state index contributed by atoms with van der Waals surface area (Å²) in [4.78, 5) is 27.2. The van der Waals surface area contributed by atoms with Crippen LogP contribution in [0.4, 0.5) is 0 Å². The quantitative estimate of drug-likeness (QED) is 0.730. The minimum atomic E-state index is -0.239. The molecule has 166 valence electrons. The van der Waals surface area contributed by atoms with Crippen molar-refractivity contribution in [3.05, 3.63) is 41.3 Å². The van der Waals surface area contributed by atoms with E-state index < -0.39 is 0 Å². The van der Waals surface area contributed by atoms with Crippen molar-refractivity contribution in [1.82, 2.24) is 15.4 Å². The van der Waals surface area contributed by atoms with E-state index >= 15 is 0 Å². The molecular formula is C23H29N3O5. The first-order chi connectivity index (χ1) is 14.9. The van der Waals surface area contributed by atoms with Crippen LogP contribution in [0.15, 0.2) is 28.8 Å². The molecule has 0 unspecified atom stereocenters. The third kappa shape index (κ3) is 4.11. The zero-order valence-electron chi connectivity index (χ0n) is 18.4. The molecule has 2 amide bonds. The Balaban J connectivity index is 1.44. The van der Waals surface area contributed by atoms with Crippen LogP contribution in [0.25, 0.3) is 0 Å². The zero-order chi connectivity index (χ0) is 22.1. The number of hydrogen-bond donors (Lipinski definition) is 1. The molecule has 1 aliphatic heterocycles. The molecule has 2 heterocycles. The van der Waals surface area contributed by atoms with Crippen LogP contribution in [0, 0.1) is 24.7 Å². The Kier molecular flexibility index (Phi) is 5.89. The summed E-state index contributed by atoms with van der Waals surface area (Å²) in [5, 5.41) is 6.76. The van der Waals surface area contributed by atoms with Gasteiger partial charge in [0, 0.05) is 43.2 Å². The lowest BCUT2D eigenvalue weighted by molar-refractivity contribution is -0.129. The molecule has 2 aromatic rings. The van der Waals surface area contributed by atoms with Gasteiger partial charge in [-0.2, -0.15) is 0 Å². The van der Waals surface area contributed by atoms with Crippen LogP contribution < -0.4 is 14.8 Å². The lowest BCUT2D eigenvalue weighted by Gasteiger charge is -2.25. The number of amides is 2. The summed E-state index contributed by atoms with van der Waals surface area (Å²) in [7, 11) is 3.24. The molecule has 1 aromatic heterocycles. The topological polar surface area (TPSA) is 93.9 Å². The summed E-state index contributed by atoms with van der Waals surface area (Å²) >= 11 is 0. The van der Waals surface area contributed by atoms with E-state index in [1.165, 1.54) is 0 Å². The minimum Gasteiger partial charge on any atom is -0.497 e. The number of aromatic nitrogens is 1. The van der Waals surface area contributed by atoms with Crippen molar-refractivity contribution >= 4 is 11.8 Å². The van der Waals surface area contributed by atoms with Gasteiger partial charge in [0.25, 0.3) is 5.91 Å². The fourth-order valence-corrected chi connectivity index (χ4v) is 5.09. The molecular weight excluding hydrogens is 398 g/mol. The summed E-state index contributed by atoms with van der Waals surface area (Å²) in [6.45, 7) is 4.99. The number of carbonyl (C=O) groups excluding carboxylic acids is 2. The number of nitrogens with zero attached hydrogens (tertiary/aromatic N) is 2. The molecule has 1 aromatic carbocycles. The van der Waals surface area contributed by atoms with E-state index in [1.807, 2.05) is 23.1 Å². The molecule has 0 spiro atoms. The maximum atomic E-state index is 12.9. The highest BCUT2D eigenvalue weighted by Gasteiger charge is 2.50. The van der Waals surface area contributed by atoms with E-state index in [0.29, 0.717) is 36.9 Å². The number of methoxy groups -OCH3 is 2. The Morgan fingerprint density at radius 3 is 2.77 bits per heavy atom. The van der Waals surface area contributed by atoms with Gasteiger partial charge in [-0.05, 0) is 43.2 Å². The summed E-state index contributed by atoms with van der Waals surface area (Å²) in [6, 6.07) is 7.48. The minimum absolute atomic E-state index is 0.156. The standard InChI is InChI=1S/C23H29N3O5/c1-13-7-20-17(18(13)11-24-23(28)19-8-14(2)31-25-19)10-22(27)26(20)12-15-5-6-16(29-3)9-21(15)30-4/h5-6,8-9,13,17-18,20H,7,10-12H2,1-4H3,(H,24,28)/t13-,17-,18+,20+/m0/s1. The maximum absolute atomic E-state index is 12.9. The van der Waals surface area contributed by atoms with E-state index in [9.17, 15) is 9.59 Å². The van der Waals surface area contributed by atoms with Gasteiger partial charge in [-0.1, -0.05) is 12.1 Å². The molecule has 2 fully saturated rings. The van der Waals surface area contributed by atoms with Gasteiger partial charge >= 0.3 is 0 Å². The van der Waals surface area contributed by atoms with Crippen LogP contribution in [0.1, 0.15) is 41.6 Å². The predicted molar refractivity (Wildman–Crippen MR) is 113 cm³/mol. The van der Waals surface area contributed by atoms with Crippen LogP contribution in [0.3, 0.4) is 0 Å². The monoisotopic (exact) mass is 427 g/mol. The van der Waals surface area contributed by atoms with E-state index in [4.69, 9.17) is 14.0 Å². The van der Waals surface area contributed by atoms with Crippen molar-refractivity contribution in [3.63, 3.8) is 0 Å². The Hall–Kier alpha value is -3.03. The molecule has 31 heavy (non-hydrogen) atoms. The van der Waals surface area contributed by atoms with Crippen molar-refractivity contribution in [2.45, 2.75) is 39.3 Å². The number of fused-ring (bicyclic) bond motifs is 1. The van der Waals surface area contributed by atoms with Crippen LogP contribution in [0.2, 0.25) is 0 Å². The Bertz CT molecular complexity index is 972. The Morgan fingerprint density at radius 2 is 2.10 bits per heavy atom. The second kappa shape index (κ2) is 8.61. The van der Waals surface area contributed by atoms with Gasteiger partial charge in [-0.3, -0.25) is 9.59 Å². The molecule has 4 atom stereocenters. The molecule has 1 N–H and O–H groups in total. The lowest BCUT2D eigenvalue weighted by Crippen LogP contribution is -2.35. The zero-order valence-corrected chi connectivity index (χ0v) is 18.4. The highest BCUT2D eigenvalue weighted by molar-refractivity contribution is 5.92. The van der Waals surface area contributed by atoms with Gasteiger partial charge in [-0.15, -0.1) is 0 Å². The fourth-order valence-electron chi connectivity index (χ4n) is 5.09. The number of benzene rings is 1. The number of rotatable bonds is 7. The van der Waals surface area contributed by atoms with E-state index in [1.54, 1.807) is 27.2 Å². The highest BCUT2D eigenvalue weighted by atomic mass is 16.5. The fraction of sp³-hybridized carbons (Fsp3) is 0.522. The number of carbonyl (C=O) groups is 2. The van der Waals surface area contributed by atoms with Gasteiger partial charge in [-0.25, -0.2) is 0 Å². The molecule has 8 heteroatoms. The first kappa shape index (κ1) is 21.2. The van der Waals surface area contributed by atoms with E-state index in [-0.39, 0.29) is 35.4 Å². The first-order valence-corrected chi connectivity index (χ1v) is 10.6. The summed E-state index contributed by atoms with van der Waals surface area (Å²) in [5.74, 6) is 2.83. The predicted octanol–water partition coefficient (Wildman–Crippen LogP) is 2.80. The largest absolute Gasteiger partial charge is 0.497 e. The summed E-state index contributed by atoms with van der Waals surface area (Å²) in [5.41, 5.74) is 1.25. The second-order valence-electron chi connectivity index (χ2n) is 8.54. The van der Waals surface area contributed by atoms with Gasteiger partial charge in [0.1, 0.15) is 17.3 Å². The Labute approximate surface area is 181 Å². The van der Waals surface area contributed by atoms with Gasteiger partial charge < -0.3 is 24.2 Å². The molecule has 1 saturated heterocycles. The van der Waals surface area contributed by atoms with Crippen LogP contribution in [-0.4, -0.2) is 48.7 Å². The summed E-state index contributed by atoms with van der Waals surface area (Å²) < 4.78 is 15.8. The lowest BCUT2D eigenvalue weighted by atomic mass is 9.88. The van der Waals surface area contributed by atoms with E-state index in [0.717, 1.165) is 17.7 Å². The Morgan fingerprint density at radius 1 is 1.29 bits per heavy atom. The highest BCUT2D eigenvalue weighted by Crippen LogP contribution is 2.46. The second-order valence-corrected chi connectivity index (χ2v) is 8.54.